The minimum Gasteiger partial charge on any atom is -0.345 e. The molecule has 0 aliphatic rings. The summed E-state index contributed by atoms with van der Waals surface area (Å²) in [5.41, 5.74) is 3.09. The molecule has 2 heterocycles. The van der Waals surface area contributed by atoms with Gasteiger partial charge in [-0.3, -0.25) is 9.78 Å². The van der Waals surface area contributed by atoms with Crippen LogP contribution in [0.25, 0.3) is 22.0 Å². The third-order valence-corrected chi connectivity index (χ3v) is 7.40. The number of allylic oxidation sites excluding steroid dienone is 1. The molecular formula is C23H27ClFN5O3S. The van der Waals surface area contributed by atoms with E-state index in [0.29, 0.717) is 33.3 Å². The molecule has 1 N–H and O–H groups in total. The molecule has 0 aliphatic carbocycles. The molecule has 0 radical (unpaired) electrons. The van der Waals surface area contributed by atoms with E-state index < -0.39 is 15.9 Å². The number of halogens is 2. The van der Waals surface area contributed by atoms with Gasteiger partial charge in [-0.05, 0) is 49.0 Å². The Kier molecular flexibility index (Phi) is 7.77. The highest BCUT2D eigenvalue weighted by Gasteiger charge is 2.22. The molecule has 3 aromatic rings. The van der Waals surface area contributed by atoms with Gasteiger partial charge in [0, 0.05) is 80.4 Å². The normalized spacial score (nSPS) is 12.5. The zero-order valence-electron chi connectivity index (χ0n) is 19.6. The lowest BCUT2D eigenvalue weighted by Gasteiger charge is -2.12. The highest BCUT2D eigenvalue weighted by molar-refractivity contribution is 7.89. The monoisotopic (exact) mass is 507 g/mol. The summed E-state index contributed by atoms with van der Waals surface area (Å²) in [7, 11) is 2.50. The van der Waals surface area contributed by atoms with E-state index in [9.17, 15) is 17.6 Å². The van der Waals surface area contributed by atoms with E-state index in [2.05, 4.69) is 9.82 Å². The van der Waals surface area contributed by atoms with Gasteiger partial charge in [0.25, 0.3) is 5.91 Å². The Balaban J connectivity index is 2.29. The van der Waals surface area contributed by atoms with Gasteiger partial charge in [-0.25, -0.2) is 21.9 Å². The fourth-order valence-electron chi connectivity index (χ4n) is 3.71. The molecule has 11 heteroatoms. The van der Waals surface area contributed by atoms with E-state index in [-0.39, 0.29) is 23.9 Å². The number of aromatic nitrogens is 2. The number of nitrogens with one attached hydrogen (secondary N) is 1. The summed E-state index contributed by atoms with van der Waals surface area (Å²) in [4.78, 5) is 20.6. The molecule has 0 aliphatic heterocycles. The van der Waals surface area contributed by atoms with Crippen molar-refractivity contribution >= 4 is 38.6 Å². The maximum Gasteiger partial charge on any atom is 0.253 e. The van der Waals surface area contributed by atoms with Gasteiger partial charge < -0.3 is 9.47 Å². The summed E-state index contributed by atoms with van der Waals surface area (Å²) in [6.07, 6.45) is 4.19. The van der Waals surface area contributed by atoms with Crippen LogP contribution < -0.4 is 4.84 Å². The maximum absolute atomic E-state index is 14.6. The summed E-state index contributed by atoms with van der Waals surface area (Å²) < 4.78 is 42.9. The SMILES string of the molecule is Cc1c(-c2cncc(S(=O)(=O)N(C)C)c2)c2cc(C(=O)N(C)C)ccc2n1C/C(F)=C/CNCl. The molecule has 1 aromatic carbocycles. The number of amides is 1. The fraction of sp³-hybridized carbons (Fsp3) is 0.304. The van der Waals surface area contributed by atoms with Gasteiger partial charge in [0.15, 0.2) is 0 Å². The Morgan fingerprint density at radius 1 is 1.21 bits per heavy atom. The van der Waals surface area contributed by atoms with Gasteiger partial charge in [-0.1, -0.05) is 0 Å². The largest absolute Gasteiger partial charge is 0.345 e. The van der Waals surface area contributed by atoms with Crippen LogP contribution in [0.3, 0.4) is 0 Å². The first kappa shape index (κ1) is 25.8. The van der Waals surface area contributed by atoms with Crippen molar-refractivity contribution < 1.29 is 17.6 Å². The van der Waals surface area contributed by atoms with Crippen LogP contribution in [0.2, 0.25) is 0 Å². The minimum absolute atomic E-state index is 0.0371. The molecule has 0 spiro atoms. The highest BCUT2D eigenvalue weighted by atomic mass is 35.5. The second-order valence-electron chi connectivity index (χ2n) is 8.16. The van der Waals surface area contributed by atoms with Crippen molar-refractivity contribution in [3.05, 3.63) is 59.8 Å². The highest BCUT2D eigenvalue weighted by Crippen LogP contribution is 2.36. The van der Waals surface area contributed by atoms with E-state index in [0.717, 1.165) is 4.31 Å². The molecule has 3 rings (SSSR count). The Bertz CT molecular complexity index is 1370. The van der Waals surface area contributed by atoms with Crippen molar-refractivity contribution in [1.82, 2.24) is 23.6 Å². The van der Waals surface area contributed by atoms with Crippen LogP contribution in [0, 0.1) is 6.92 Å². The number of rotatable bonds is 8. The molecular weight excluding hydrogens is 481 g/mol. The number of carbonyl (C=O) groups excluding carboxylic acids is 1. The van der Waals surface area contributed by atoms with Crippen molar-refractivity contribution in [3.8, 4) is 11.1 Å². The van der Waals surface area contributed by atoms with Crippen LogP contribution in [0.4, 0.5) is 4.39 Å². The first-order valence-corrected chi connectivity index (χ1v) is 12.2. The average Bonchev–Trinajstić information content (AvgIpc) is 3.07. The molecule has 0 fully saturated rings. The van der Waals surface area contributed by atoms with Gasteiger partial charge in [0.2, 0.25) is 10.0 Å². The number of fused-ring (bicyclic) bond motifs is 1. The zero-order chi connectivity index (χ0) is 25.2. The molecule has 2 aromatic heterocycles. The molecule has 0 saturated carbocycles. The average molecular weight is 508 g/mol. The molecule has 34 heavy (non-hydrogen) atoms. The van der Waals surface area contributed by atoms with Crippen LogP contribution in [-0.4, -0.2) is 67.8 Å². The molecule has 182 valence electrons. The van der Waals surface area contributed by atoms with E-state index >= 15 is 0 Å². The van der Waals surface area contributed by atoms with Crippen molar-refractivity contribution in [2.75, 3.05) is 34.7 Å². The number of hydrogen-bond donors (Lipinski definition) is 1. The number of nitrogens with zero attached hydrogens (tertiary/aromatic N) is 4. The second-order valence-corrected chi connectivity index (χ2v) is 10.6. The van der Waals surface area contributed by atoms with Crippen LogP contribution in [0.5, 0.6) is 0 Å². The van der Waals surface area contributed by atoms with E-state index in [1.165, 1.54) is 31.3 Å². The van der Waals surface area contributed by atoms with Crippen molar-refractivity contribution in [2.45, 2.75) is 18.4 Å². The first-order chi connectivity index (χ1) is 16.0. The number of sulfonamides is 1. The number of carbonyl (C=O) groups is 1. The summed E-state index contributed by atoms with van der Waals surface area (Å²) in [6, 6.07) is 6.74. The van der Waals surface area contributed by atoms with Gasteiger partial charge in [-0.15, -0.1) is 0 Å². The number of benzene rings is 1. The third kappa shape index (κ3) is 5.00. The summed E-state index contributed by atoms with van der Waals surface area (Å²) in [5.74, 6) is -0.574. The second kappa shape index (κ2) is 10.2. The molecule has 0 bridgehead atoms. The molecule has 0 atom stereocenters. The van der Waals surface area contributed by atoms with Gasteiger partial charge >= 0.3 is 0 Å². The van der Waals surface area contributed by atoms with Crippen molar-refractivity contribution in [2.24, 2.45) is 0 Å². The Morgan fingerprint density at radius 3 is 2.53 bits per heavy atom. The summed E-state index contributed by atoms with van der Waals surface area (Å²) in [6.45, 7) is 1.93. The molecule has 0 saturated heterocycles. The maximum atomic E-state index is 14.6. The number of pyridine rings is 1. The van der Waals surface area contributed by atoms with Gasteiger partial charge in [0.05, 0.1) is 6.54 Å². The van der Waals surface area contributed by atoms with Crippen LogP contribution in [0.15, 0.2) is 53.5 Å². The lowest BCUT2D eigenvalue weighted by Crippen LogP contribution is -2.22. The van der Waals surface area contributed by atoms with Crippen molar-refractivity contribution in [1.29, 1.82) is 0 Å². The Morgan fingerprint density at radius 2 is 1.91 bits per heavy atom. The van der Waals surface area contributed by atoms with E-state index in [4.69, 9.17) is 11.8 Å². The van der Waals surface area contributed by atoms with Crippen molar-refractivity contribution in [3.63, 3.8) is 0 Å². The number of hydrogen-bond acceptors (Lipinski definition) is 5. The third-order valence-electron chi connectivity index (χ3n) is 5.47. The van der Waals surface area contributed by atoms with Gasteiger partial charge in [-0.2, -0.15) is 0 Å². The topological polar surface area (TPSA) is 87.5 Å². The smallest absolute Gasteiger partial charge is 0.253 e. The Labute approximate surface area is 203 Å². The van der Waals surface area contributed by atoms with E-state index in [1.54, 1.807) is 49.1 Å². The summed E-state index contributed by atoms with van der Waals surface area (Å²) >= 11 is 5.44. The fourth-order valence-corrected chi connectivity index (χ4v) is 4.68. The van der Waals surface area contributed by atoms with Crippen LogP contribution >= 0.6 is 11.8 Å². The Hall–Kier alpha value is -2.79. The van der Waals surface area contributed by atoms with E-state index in [1.807, 2.05) is 6.92 Å². The van der Waals surface area contributed by atoms with Crippen LogP contribution in [0.1, 0.15) is 16.1 Å². The lowest BCUT2D eigenvalue weighted by molar-refractivity contribution is 0.0827. The van der Waals surface area contributed by atoms with Crippen LogP contribution in [-0.2, 0) is 16.6 Å². The predicted octanol–water partition coefficient (Wildman–Crippen LogP) is 3.56. The lowest BCUT2D eigenvalue weighted by atomic mass is 10.0. The molecule has 1 amide bonds. The predicted molar refractivity (Wildman–Crippen MR) is 132 cm³/mol. The quantitative estimate of drug-likeness (QED) is 0.471. The zero-order valence-corrected chi connectivity index (χ0v) is 21.2. The standard InChI is InChI=1S/C23H27ClFN5O3S/c1-15-22(17-10-19(13-26-12-17)34(32,33)29(4)5)20-11-16(23(31)28(2)3)6-7-21(20)30(15)14-18(25)8-9-27-24/h6-8,10-13,27H,9,14H2,1-5H3/b18-8-. The molecule has 0 unspecified atom stereocenters. The molecule has 8 nitrogen and oxygen atoms in total. The first-order valence-electron chi connectivity index (χ1n) is 10.4. The minimum atomic E-state index is -3.71. The summed E-state index contributed by atoms with van der Waals surface area (Å²) in [5, 5.41) is 0.690. The van der Waals surface area contributed by atoms with Gasteiger partial charge in [0.1, 0.15) is 10.7 Å².